The Morgan fingerprint density at radius 1 is 0.750 bits per heavy atom. The molecule has 0 aromatic heterocycles. The van der Waals surface area contributed by atoms with Crippen molar-refractivity contribution >= 4 is 56.5 Å². The van der Waals surface area contributed by atoms with Crippen molar-refractivity contribution in [1.29, 1.82) is 0 Å². The molecule has 0 unspecified atom stereocenters. The highest BCUT2D eigenvalue weighted by Crippen LogP contribution is 2.59. The summed E-state index contributed by atoms with van der Waals surface area (Å²) >= 11 is 9.50. The lowest BCUT2D eigenvalue weighted by Gasteiger charge is -2.28. The summed E-state index contributed by atoms with van der Waals surface area (Å²) in [5, 5.41) is 3.97. The number of ketones is 1. The van der Waals surface area contributed by atoms with Crippen LogP contribution in [0.15, 0.2) is 132 Å². The van der Waals surface area contributed by atoms with Gasteiger partial charge in [-0.15, -0.1) is 0 Å². The fourth-order valence-corrected chi connectivity index (χ4v) is 9.72. The van der Waals surface area contributed by atoms with Gasteiger partial charge in [0.15, 0.2) is 6.61 Å². The van der Waals surface area contributed by atoms with Gasteiger partial charge in [0, 0.05) is 10.6 Å². The molecule has 0 saturated carbocycles. The standard InChI is InChI=1S/C33H25BrClFO2P.BrH/c34-30-18-10-11-24(33(30)38-22-32(37)29-20-19-25(35)21-31(29)36)23-39(26-12-4-1-5-13-26,27-14-6-2-7-15-27)28-16-8-3-9-17-28;/h1-21H,22-23H2;1H/q+1;/p-1. The van der Waals surface area contributed by atoms with E-state index in [1.54, 1.807) is 0 Å². The number of halogens is 4. The minimum absolute atomic E-state index is 0. The Morgan fingerprint density at radius 3 is 1.77 bits per heavy atom. The zero-order chi connectivity index (χ0) is 27.2. The van der Waals surface area contributed by atoms with E-state index in [-0.39, 0.29) is 34.2 Å². The Morgan fingerprint density at radius 2 is 1.27 bits per heavy atom. The molecule has 0 radical (unpaired) electrons. The number of Topliss-reactive ketones (excluding diaryl/α,β-unsaturated/α-hetero) is 1. The Bertz CT molecular complexity index is 1490. The van der Waals surface area contributed by atoms with Gasteiger partial charge in [-0.1, -0.05) is 78.3 Å². The van der Waals surface area contributed by atoms with Crippen LogP contribution in [0.3, 0.4) is 0 Å². The lowest BCUT2D eigenvalue weighted by atomic mass is 10.1. The minimum Gasteiger partial charge on any atom is -1.00 e. The summed E-state index contributed by atoms with van der Waals surface area (Å²) < 4.78 is 21.3. The summed E-state index contributed by atoms with van der Waals surface area (Å²) in [6, 6.07) is 41.6. The van der Waals surface area contributed by atoms with E-state index in [4.69, 9.17) is 16.3 Å². The molecule has 5 aromatic rings. The zero-order valence-corrected chi connectivity index (χ0v) is 26.1. The van der Waals surface area contributed by atoms with Gasteiger partial charge in [-0.25, -0.2) is 4.39 Å². The van der Waals surface area contributed by atoms with Gasteiger partial charge in [0.05, 0.1) is 10.0 Å². The molecule has 0 aliphatic rings. The van der Waals surface area contributed by atoms with E-state index in [2.05, 4.69) is 88.7 Å². The maximum atomic E-state index is 14.4. The van der Waals surface area contributed by atoms with Crippen LogP contribution in [0.5, 0.6) is 5.75 Å². The fraction of sp³-hybridized carbons (Fsp3) is 0.0606. The van der Waals surface area contributed by atoms with Crippen LogP contribution in [0.25, 0.3) is 0 Å². The molecule has 0 aliphatic carbocycles. The summed E-state index contributed by atoms with van der Waals surface area (Å²) in [7, 11) is -2.20. The molecule has 7 heteroatoms. The van der Waals surface area contributed by atoms with E-state index < -0.39 is 18.9 Å². The number of hydrogen-bond acceptors (Lipinski definition) is 2. The van der Waals surface area contributed by atoms with Gasteiger partial charge in [0.2, 0.25) is 5.78 Å². The second kappa shape index (κ2) is 13.7. The van der Waals surface area contributed by atoms with Crippen LogP contribution in [-0.2, 0) is 6.16 Å². The topological polar surface area (TPSA) is 26.3 Å². The van der Waals surface area contributed by atoms with Crippen molar-refractivity contribution in [2.24, 2.45) is 0 Å². The molecule has 0 aliphatic heterocycles. The summed E-state index contributed by atoms with van der Waals surface area (Å²) in [5.41, 5.74) is 0.909. The van der Waals surface area contributed by atoms with E-state index in [9.17, 15) is 9.18 Å². The van der Waals surface area contributed by atoms with E-state index in [1.165, 1.54) is 28.0 Å². The lowest BCUT2D eigenvalue weighted by Crippen LogP contribution is -3.00. The normalized spacial score (nSPS) is 11.0. The monoisotopic (exact) mass is 696 g/mol. The summed E-state index contributed by atoms with van der Waals surface area (Å²) in [6.45, 7) is -0.304. The summed E-state index contributed by atoms with van der Waals surface area (Å²) in [6.07, 6.45) is 0.670. The molecule has 0 bridgehead atoms. The highest BCUT2D eigenvalue weighted by atomic mass is 79.9. The Labute approximate surface area is 258 Å². The smallest absolute Gasteiger partial charge is 0.203 e. The van der Waals surface area contributed by atoms with Crippen LogP contribution in [0.1, 0.15) is 15.9 Å². The quantitative estimate of drug-likeness (QED) is 0.160. The predicted octanol–water partition coefficient (Wildman–Crippen LogP) is 5.00. The van der Waals surface area contributed by atoms with Gasteiger partial charge in [0.25, 0.3) is 0 Å². The van der Waals surface area contributed by atoms with E-state index in [1.807, 2.05) is 36.4 Å². The van der Waals surface area contributed by atoms with E-state index >= 15 is 0 Å². The van der Waals surface area contributed by atoms with Crippen molar-refractivity contribution in [2.45, 2.75) is 6.16 Å². The van der Waals surface area contributed by atoms with Crippen LogP contribution in [0.2, 0.25) is 5.02 Å². The van der Waals surface area contributed by atoms with Gasteiger partial charge in [-0.3, -0.25) is 4.79 Å². The minimum atomic E-state index is -2.20. The van der Waals surface area contributed by atoms with Gasteiger partial charge in [-0.2, -0.15) is 0 Å². The first kappa shape index (κ1) is 30.1. The van der Waals surface area contributed by atoms with Gasteiger partial charge in [-0.05, 0) is 76.6 Å². The Hall–Kier alpha value is -2.82. The van der Waals surface area contributed by atoms with Crippen LogP contribution in [0, 0.1) is 5.82 Å². The number of carbonyl (C=O) groups excluding carboxylic acids is 1. The van der Waals surface area contributed by atoms with Gasteiger partial charge < -0.3 is 21.7 Å². The fourth-order valence-electron chi connectivity index (χ4n) is 4.79. The highest BCUT2D eigenvalue weighted by Gasteiger charge is 2.46. The molecule has 5 aromatic carbocycles. The number of benzene rings is 5. The van der Waals surface area contributed by atoms with Crippen molar-refractivity contribution in [3.63, 3.8) is 0 Å². The summed E-state index contributed by atoms with van der Waals surface area (Å²) in [4.78, 5) is 12.9. The molecule has 0 saturated heterocycles. The molecule has 202 valence electrons. The lowest BCUT2D eigenvalue weighted by molar-refractivity contribution is -0.0000159. The predicted molar refractivity (Wildman–Crippen MR) is 164 cm³/mol. The molecule has 2 nitrogen and oxygen atoms in total. The first-order valence-electron chi connectivity index (χ1n) is 12.4. The molecule has 5 rings (SSSR count). The molecule has 40 heavy (non-hydrogen) atoms. The van der Waals surface area contributed by atoms with Crippen LogP contribution in [-0.4, -0.2) is 12.4 Å². The number of ether oxygens (including phenoxy) is 1. The van der Waals surface area contributed by atoms with Gasteiger partial charge >= 0.3 is 0 Å². The first-order valence-corrected chi connectivity index (χ1v) is 15.6. The largest absolute Gasteiger partial charge is 1.00 e. The second-order valence-corrected chi connectivity index (χ2v) is 13.8. The number of hydrogen-bond donors (Lipinski definition) is 0. The molecule has 0 spiro atoms. The van der Waals surface area contributed by atoms with Crippen molar-refractivity contribution in [1.82, 2.24) is 0 Å². The third-order valence-corrected chi connectivity index (χ3v) is 11.8. The van der Waals surface area contributed by atoms with Crippen LogP contribution < -0.4 is 37.6 Å². The molecule has 0 amide bonds. The molecular weight excluding hydrogens is 674 g/mol. The number of carbonyl (C=O) groups is 1. The number of para-hydroxylation sites is 1. The molecule has 0 heterocycles. The van der Waals surface area contributed by atoms with Gasteiger partial charge in [0.1, 0.15) is 40.9 Å². The Kier molecular flexibility index (Phi) is 10.3. The van der Waals surface area contributed by atoms with Crippen molar-refractivity contribution in [3.8, 4) is 5.75 Å². The molecular formula is C33H25Br2ClFO2P. The zero-order valence-electron chi connectivity index (χ0n) is 21.3. The van der Waals surface area contributed by atoms with Crippen LogP contribution >= 0.6 is 34.8 Å². The maximum absolute atomic E-state index is 14.4. The number of rotatable bonds is 9. The summed E-state index contributed by atoms with van der Waals surface area (Å²) in [5.74, 6) is -0.542. The average Bonchev–Trinajstić information content (AvgIpc) is 2.97. The maximum Gasteiger partial charge on any atom is 0.203 e. The highest BCUT2D eigenvalue weighted by molar-refractivity contribution is 9.10. The second-order valence-electron chi connectivity index (χ2n) is 9.04. The van der Waals surface area contributed by atoms with Crippen molar-refractivity contribution < 1.29 is 30.9 Å². The third kappa shape index (κ3) is 6.39. The van der Waals surface area contributed by atoms with Crippen LogP contribution in [0.4, 0.5) is 4.39 Å². The first-order chi connectivity index (χ1) is 19.0. The SMILES string of the molecule is O=C(COc1c(Br)cccc1C[P+](c1ccccc1)(c1ccccc1)c1ccccc1)c1ccc(Cl)cc1F.[Br-]. The average molecular weight is 699 g/mol. The van der Waals surface area contributed by atoms with Crippen molar-refractivity contribution in [3.05, 3.63) is 154 Å². The van der Waals surface area contributed by atoms with E-state index in [0.29, 0.717) is 11.9 Å². The Balaban J connectivity index is 0.00000370. The molecule has 0 fully saturated rings. The molecule has 0 N–H and O–H groups in total. The third-order valence-electron chi connectivity index (χ3n) is 6.63. The van der Waals surface area contributed by atoms with Crippen molar-refractivity contribution in [2.75, 3.05) is 6.61 Å². The van der Waals surface area contributed by atoms with E-state index in [0.717, 1.165) is 16.1 Å². The molecule has 0 atom stereocenters.